The SMILES string of the molecule is O=C(NCc1ccc(F)cc1)c1ncnc2ccccc12. The third-order valence-corrected chi connectivity index (χ3v) is 3.12. The van der Waals surface area contributed by atoms with Gasteiger partial charge in [0.25, 0.3) is 5.91 Å². The van der Waals surface area contributed by atoms with Crippen molar-refractivity contribution < 1.29 is 9.18 Å². The minimum atomic E-state index is -0.299. The molecule has 0 atom stereocenters. The lowest BCUT2D eigenvalue weighted by Crippen LogP contribution is -2.24. The molecule has 5 heteroatoms. The molecule has 1 heterocycles. The molecule has 0 bridgehead atoms. The van der Waals surface area contributed by atoms with E-state index in [-0.39, 0.29) is 11.7 Å². The van der Waals surface area contributed by atoms with Crippen LogP contribution in [0.25, 0.3) is 10.9 Å². The Bertz CT molecular complexity index is 782. The van der Waals surface area contributed by atoms with E-state index in [0.717, 1.165) is 11.1 Å². The van der Waals surface area contributed by atoms with E-state index in [0.29, 0.717) is 17.6 Å². The highest BCUT2D eigenvalue weighted by Gasteiger charge is 2.11. The number of nitrogens with one attached hydrogen (secondary N) is 1. The number of hydrogen-bond acceptors (Lipinski definition) is 3. The summed E-state index contributed by atoms with van der Waals surface area (Å²) in [4.78, 5) is 20.4. The van der Waals surface area contributed by atoms with Crippen LogP contribution in [0.2, 0.25) is 0 Å². The van der Waals surface area contributed by atoms with Crippen LogP contribution >= 0.6 is 0 Å². The number of hydrogen-bond donors (Lipinski definition) is 1. The monoisotopic (exact) mass is 281 g/mol. The van der Waals surface area contributed by atoms with Crippen molar-refractivity contribution in [2.75, 3.05) is 0 Å². The number of benzene rings is 2. The summed E-state index contributed by atoms with van der Waals surface area (Å²) in [6.45, 7) is 0.317. The number of aromatic nitrogens is 2. The zero-order valence-corrected chi connectivity index (χ0v) is 11.1. The highest BCUT2D eigenvalue weighted by Crippen LogP contribution is 2.14. The molecule has 0 fully saturated rings. The largest absolute Gasteiger partial charge is 0.347 e. The topological polar surface area (TPSA) is 54.9 Å². The van der Waals surface area contributed by atoms with Gasteiger partial charge in [-0.3, -0.25) is 4.79 Å². The minimum absolute atomic E-state index is 0.280. The molecule has 1 amide bonds. The first-order valence-electron chi connectivity index (χ1n) is 6.46. The van der Waals surface area contributed by atoms with E-state index >= 15 is 0 Å². The molecule has 0 aliphatic heterocycles. The third kappa shape index (κ3) is 2.86. The van der Waals surface area contributed by atoms with Gasteiger partial charge in [0.1, 0.15) is 17.8 Å². The summed E-state index contributed by atoms with van der Waals surface area (Å²) in [6.07, 6.45) is 1.37. The molecule has 0 aliphatic rings. The summed E-state index contributed by atoms with van der Waals surface area (Å²) >= 11 is 0. The first-order chi connectivity index (χ1) is 10.2. The Labute approximate surface area is 120 Å². The predicted molar refractivity (Wildman–Crippen MR) is 77.1 cm³/mol. The fraction of sp³-hybridized carbons (Fsp3) is 0.0625. The van der Waals surface area contributed by atoms with Crippen LogP contribution in [0.4, 0.5) is 4.39 Å². The molecule has 3 rings (SSSR count). The van der Waals surface area contributed by atoms with Crippen molar-refractivity contribution in [2.45, 2.75) is 6.54 Å². The maximum atomic E-state index is 12.8. The summed E-state index contributed by atoms with van der Waals surface area (Å²) < 4.78 is 12.8. The molecule has 3 aromatic rings. The number of carbonyl (C=O) groups is 1. The second kappa shape index (κ2) is 5.66. The van der Waals surface area contributed by atoms with Gasteiger partial charge in [0.05, 0.1) is 5.52 Å². The van der Waals surface area contributed by atoms with Crippen LogP contribution in [0.3, 0.4) is 0 Å². The molecule has 1 N–H and O–H groups in total. The molecule has 0 aliphatic carbocycles. The second-order valence-corrected chi connectivity index (χ2v) is 4.55. The van der Waals surface area contributed by atoms with Crippen molar-refractivity contribution in [3.63, 3.8) is 0 Å². The van der Waals surface area contributed by atoms with E-state index in [2.05, 4.69) is 15.3 Å². The van der Waals surface area contributed by atoms with Crippen molar-refractivity contribution >= 4 is 16.8 Å². The normalized spacial score (nSPS) is 10.5. The Morgan fingerprint density at radius 3 is 2.62 bits per heavy atom. The lowest BCUT2D eigenvalue weighted by molar-refractivity contribution is 0.0947. The summed E-state index contributed by atoms with van der Waals surface area (Å²) in [5.41, 5.74) is 1.88. The Balaban J connectivity index is 1.79. The van der Waals surface area contributed by atoms with Gasteiger partial charge in [-0.05, 0) is 23.8 Å². The number of rotatable bonds is 3. The van der Waals surface area contributed by atoms with Crippen molar-refractivity contribution in [1.82, 2.24) is 15.3 Å². The molecule has 0 spiro atoms. The quantitative estimate of drug-likeness (QED) is 0.803. The van der Waals surface area contributed by atoms with Crippen molar-refractivity contribution in [1.29, 1.82) is 0 Å². The molecule has 21 heavy (non-hydrogen) atoms. The molecule has 0 saturated heterocycles. The molecule has 0 unspecified atom stereocenters. The van der Waals surface area contributed by atoms with E-state index in [1.54, 1.807) is 12.1 Å². The van der Waals surface area contributed by atoms with Gasteiger partial charge in [-0.2, -0.15) is 0 Å². The summed E-state index contributed by atoms with van der Waals surface area (Å²) in [7, 11) is 0. The molecule has 1 aromatic heterocycles. The van der Waals surface area contributed by atoms with Crippen molar-refractivity contribution in [2.24, 2.45) is 0 Å². The van der Waals surface area contributed by atoms with E-state index in [1.165, 1.54) is 18.5 Å². The zero-order valence-electron chi connectivity index (χ0n) is 11.1. The Morgan fingerprint density at radius 2 is 1.81 bits per heavy atom. The molecular formula is C16H12FN3O. The fourth-order valence-electron chi connectivity index (χ4n) is 2.05. The highest BCUT2D eigenvalue weighted by molar-refractivity contribution is 6.04. The number of fused-ring (bicyclic) bond motifs is 1. The van der Waals surface area contributed by atoms with Crippen molar-refractivity contribution in [3.05, 3.63) is 71.9 Å². The predicted octanol–water partition coefficient (Wildman–Crippen LogP) is 2.70. The minimum Gasteiger partial charge on any atom is -0.347 e. The zero-order chi connectivity index (χ0) is 14.7. The van der Waals surface area contributed by atoms with Crippen LogP contribution in [-0.4, -0.2) is 15.9 Å². The Hall–Kier alpha value is -2.82. The summed E-state index contributed by atoms with van der Waals surface area (Å²) in [5.74, 6) is -0.579. The number of amides is 1. The summed E-state index contributed by atoms with van der Waals surface area (Å²) in [6, 6.07) is 13.3. The van der Waals surface area contributed by atoms with Gasteiger partial charge in [0, 0.05) is 11.9 Å². The first kappa shape index (κ1) is 13.2. The van der Waals surface area contributed by atoms with Crippen LogP contribution in [0.1, 0.15) is 16.1 Å². The lowest BCUT2D eigenvalue weighted by atomic mass is 10.1. The average molecular weight is 281 g/mol. The molecule has 2 aromatic carbocycles. The number of nitrogens with zero attached hydrogens (tertiary/aromatic N) is 2. The standard InChI is InChI=1S/C16H12FN3O/c17-12-7-5-11(6-8-12)9-18-16(21)15-13-3-1-2-4-14(13)19-10-20-15/h1-8,10H,9H2,(H,18,21). The van der Waals surface area contributed by atoms with E-state index in [9.17, 15) is 9.18 Å². The fourth-order valence-corrected chi connectivity index (χ4v) is 2.05. The molecular weight excluding hydrogens is 269 g/mol. The van der Waals surface area contributed by atoms with E-state index in [1.807, 2.05) is 24.3 Å². The Morgan fingerprint density at radius 1 is 1.05 bits per heavy atom. The lowest BCUT2D eigenvalue weighted by Gasteiger charge is -2.07. The van der Waals surface area contributed by atoms with Gasteiger partial charge in [0.15, 0.2) is 0 Å². The third-order valence-electron chi connectivity index (χ3n) is 3.12. The van der Waals surface area contributed by atoms with Gasteiger partial charge >= 0.3 is 0 Å². The maximum Gasteiger partial charge on any atom is 0.270 e. The van der Waals surface area contributed by atoms with Gasteiger partial charge in [-0.25, -0.2) is 14.4 Å². The smallest absolute Gasteiger partial charge is 0.270 e. The van der Waals surface area contributed by atoms with Crippen LogP contribution in [0, 0.1) is 5.82 Å². The van der Waals surface area contributed by atoms with Crippen molar-refractivity contribution in [3.8, 4) is 0 Å². The van der Waals surface area contributed by atoms with E-state index < -0.39 is 0 Å². The molecule has 4 nitrogen and oxygen atoms in total. The Kier molecular flexibility index (Phi) is 3.55. The van der Waals surface area contributed by atoms with Gasteiger partial charge in [-0.1, -0.05) is 30.3 Å². The van der Waals surface area contributed by atoms with Crippen LogP contribution < -0.4 is 5.32 Å². The van der Waals surface area contributed by atoms with Gasteiger partial charge < -0.3 is 5.32 Å². The van der Waals surface area contributed by atoms with Gasteiger partial charge in [-0.15, -0.1) is 0 Å². The number of halogens is 1. The number of carbonyl (C=O) groups excluding carboxylic acids is 1. The average Bonchev–Trinajstić information content (AvgIpc) is 2.53. The molecule has 0 saturated carbocycles. The van der Waals surface area contributed by atoms with Gasteiger partial charge in [0.2, 0.25) is 0 Å². The van der Waals surface area contributed by atoms with Crippen LogP contribution in [0.5, 0.6) is 0 Å². The van der Waals surface area contributed by atoms with Crippen LogP contribution in [0.15, 0.2) is 54.9 Å². The first-order valence-corrected chi connectivity index (χ1v) is 6.46. The highest BCUT2D eigenvalue weighted by atomic mass is 19.1. The number of para-hydroxylation sites is 1. The van der Waals surface area contributed by atoms with Crippen LogP contribution in [-0.2, 0) is 6.54 Å². The second-order valence-electron chi connectivity index (χ2n) is 4.55. The molecule has 0 radical (unpaired) electrons. The maximum absolute atomic E-state index is 12.8. The molecule has 104 valence electrons. The van der Waals surface area contributed by atoms with E-state index in [4.69, 9.17) is 0 Å². The summed E-state index contributed by atoms with van der Waals surface area (Å²) in [5, 5.41) is 3.48.